The summed E-state index contributed by atoms with van der Waals surface area (Å²) in [4.78, 5) is 4.89. The fourth-order valence-electron chi connectivity index (χ4n) is 2.82. The molecule has 3 nitrogen and oxygen atoms in total. The second-order valence-corrected chi connectivity index (χ2v) is 6.31. The quantitative estimate of drug-likeness (QED) is 0.844. The fourth-order valence-corrected chi connectivity index (χ4v) is 2.82. The minimum absolute atomic E-state index is 0.391. The molecule has 2 atom stereocenters. The van der Waals surface area contributed by atoms with E-state index >= 15 is 0 Å². The molecule has 0 bridgehead atoms. The fraction of sp³-hybridized carbons (Fsp3) is 0.556. The third-order valence-corrected chi connectivity index (χ3v) is 4.20. The van der Waals surface area contributed by atoms with Gasteiger partial charge in [-0.3, -0.25) is 9.80 Å². The number of benzene rings is 1. The summed E-state index contributed by atoms with van der Waals surface area (Å²) in [6.07, 6.45) is 1.90. The van der Waals surface area contributed by atoms with E-state index in [0.29, 0.717) is 6.04 Å². The first-order valence-corrected chi connectivity index (χ1v) is 7.89. The van der Waals surface area contributed by atoms with Gasteiger partial charge in [-0.1, -0.05) is 42.0 Å². The second kappa shape index (κ2) is 7.74. The molecule has 0 unspecified atom stereocenters. The molecule has 2 rings (SSSR count). The Labute approximate surface area is 128 Å². The molecule has 0 saturated carbocycles. The molecule has 0 aromatic heterocycles. The molecule has 1 fully saturated rings. The Morgan fingerprint density at radius 3 is 2.62 bits per heavy atom. The van der Waals surface area contributed by atoms with Crippen molar-refractivity contribution in [2.45, 2.75) is 32.9 Å². The summed E-state index contributed by atoms with van der Waals surface area (Å²) in [5, 5.41) is 10.4. The van der Waals surface area contributed by atoms with Gasteiger partial charge < -0.3 is 5.11 Å². The van der Waals surface area contributed by atoms with Gasteiger partial charge in [0.15, 0.2) is 0 Å². The zero-order valence-electron chi connectivity index (χ0n) is 13.5. The number of aliphatic hydroxyl groups is 1. The van der Waals surface area contributed by atoms with Crippen LogP contribution in [0.25, 0.3) is 0 Å². The first-order valence-electron chi connectivity index (χ1n) is 7.89. The maximum Gasteiger partial charge on any atom is 0.0917 e. The van der Waals surface area contributed by atoms with Gasteiger partial charge in [0.2, 0.25) is 0 Å². The molecule has 116 valence electrons. The Hall–Kier alpha value is -1.16. The third-order valence-electron chi connectivity index (χ3n) is 4.20. The van der Waals surface area contributed by atoms with Gasteiger partial charge in [0.25, 0.3) is 0 Å². The van der Waals surface area contributed by atoms with E-state index in [1.807, 2.05) is 30.3 Å². The maximum atomic E-state index is 10.4. The molecule has 1 aromatic rings. The van der Waals surface area contributed by atoms with E-state index in [9.17, 15) is 5.11 Å². The van der Waals surface area contributed by atoms with Crippen molar-refractivity contribution in [3.8, 4) is 0 Å². The number of rotatable bonds is 5. The summed E-state index contributed by atoms with van der Waals surface area (Å²) >= 11 is 0. The van der Waals surface area contributed by atoms with Gasteiger partial charge in [0.1, 0.15) is 0 Å². The molecule has 1 aliphatic rings. The van der Waals surface area contributed by atoms with Crippen LogP contribution in [0.5, 0.6) is 0 Å². The van der Waals surface area contributed by atoms with Gasteiger partial charge in [-0.15, -0.1) is 0 Å². The summed E-state index contributed by atoms with van der Waals surface area (Å²) in [6.45, 7) is 11.5. The van der Waals surface area contributed by atoms with Crippen LogP contribution in [-0.4, -0.2) is 53.7 Å². The van der Waals surface area contributed by atoms with E-state index < -0.39 is 6.10 Å². The summed E-state index contributed by atoms with van der Waals surface area (Å²) in [7, 11) is 0. The molecule has 0 amide bonds. The normalized spacial score (nSPS) is 22.0. The number of nitrogens with zero attached hydrogens (tertiary/aromatic N) is 2. The molecule has 21 heavy (non-hydrogen) atoms. The molecule has 3 heteroatoms. The highest BCUT2D eigenvalue weighted by molar-refractivity contribution is 5.17. The lowest BCUT2D eigenvalue weighted by atomic mass is 10.1. The average molecular weight is 288 g/mol. The predicted molar refractivity (Wildman–Crippen MR) is 88.3 cm³/mol. The van der Waals surface area contributed by atoms with Crippen molar-refractivity contribution in [1.82, 2.24) is 9.80 Å². The minimum atomic E-state index is -0.391. The molecule has 1 aliphatic heterocycles. The van der Waals surface area contributed by atoms with Crippen molar-refractivity contribution >= 4 is 0 Å². The minimum Gasteiger partial charge on any atom is -0.387 e. The Kier molecular flexibility index (Phi) is 5.97. The lowest BCUT2D eigenvalue weighted by Gasteiger charge is -2.40. The Balaban J connectivity index is 1.85. The maximum absolute atomic E-state index is 10.4. The Morgan fingerprint density at radius 2 is 2.00 bits per heavy atom. The highest BCUT2D eigenvalue weighted by atomic mass is 16.3. The number of hydrogen-bond donors (Lipinski definition) is 1. The van der Waals surface area contributed by atoms with Gasteiger partial charge in [-0.05, 0) is 26.3 Å². The molecule has 1 aromatic carbocycles. The van der Waals surface area contributed by atoms with Crippen LogP contribution < -0.4 is 0 Å². The lowest BCUT2D eigenvalue weighted by Crippen LogP contribution is -2.52. The predicted octanol–water partition coefficient (Wildman–Crippen LogP) is 2.69. The van der Waals surface area contributed by atoms with Gasteiger partial charge in [0.05, 0.1) is 6.10 Å². The Morgan fingerprint density at radius 1 is 1.29 bits per heavy atom. The summed E-state index contributed by atoms with van der Waals surface area (Å²) in [6, 6.07) is 10.4. The van der Waals surface area contributed by atoms with Crippen LogP contribution >= 0.6 is 0 Å². The van der Waals surface area contributed by atoms with Crippen molar-refractivity contribution in [1.29, 1.82) is 0 Å². The van der Waals surface area contributed by atoms with Crippen molar-refractivity contribution in [2.24, 2.45) is 0 Å². The van der Waals surface area contributed by atoms with E-state index in [0.717, 1.165) is 38.3 Å². The second-order valence-electron chi connectivity index (χ2n) is 6.31. The van der Waals surface area contributed by atoms with Crippen LogP contribution in [0.3, 0.4) is 0 Å². The van der Waals surface area contributed by atoms with E-state index in [-0.39, 0.29) is 0 Å². The number of aliphatic hydroxyl groups excluding tert-OH is 1. The highest BCUT2D eigenvalue weighted by Crippen LogP contribution is 2.17. The standard InChI is InChI=1S/C18H28N2O/c1-15(2)9-10-19-11-12-20(16(3)13-19)14-18(21)17-7-5-4-6-8-17/h4-9,16,18,21H,10-14H2,1-3H3/t16-,18+/m0/s1. The number of piperazine rings is 1. The summed E-state index contributed by atoms with van der Waals surface area (Å²) in [5.41, 5.74) is 2.39. The van der Waals surface area contributed by atoms with Crippen molar-refractivity contribution in [2.75, 3.05) is 32.7 Å². The molecule has 0 aliphatic carbocycles. The van der Waals surface area contributed by atoms with Gasteiger partial charge in [-0.2, -0.15) is 0 Å². The third kappa shape index (κ3) is 4.95. The lowest BCUT2D eigenvalue weighted by molar-refractivity contribution is 0.0427. The molecule has 0 radical (unpaired) electrons. The highest BCUT2D eigenvalue weighted by Gasteiger charge is 2.25. The molecular weight excluding hydrogens is 260 g/mol. The zero-order chi connectivity index (χ0) is 15.2. The molecule has 0 spiro atoms. The molecule has 1 saturated heterocycles. The van der Waals surface area contributed by atoms with E-state index in [2.05, 4.69) is 36.6 Å². The van der Waals surface area contributed by atoms with E-state index in [4.69, 9.17) is 0 Å². The van der Waals surface area contributed by atoms with Crippen LogP contribution in [0.2, 0.25) is 0 Å². The summed E-state index contributed by atoms with van der Waals surface area (Å²) < 4.78 is 0. The first kappa shape index (κ1) is 16.2. The monoisotopic (exact) mass is 288 g/mol. The van der Waals surface area contributed by atoms with Crippen molar-refractivity contribution < 1.29 is 5.11 Å². The van der Waals surface area contributed by atoms with Gasteiger partial charge >= 0.3 is 0 Å². The smallest absolute Gasteiger partial charge is 0.0917 e. The van der Waals surface area contributed by atoms with Gasteiger partial charge in [0, 0.05) is 38.8 Å². The van der Waals surface area contributed by atoms with Crippen molar-refractivity contribution in [3.63, 3.8) is 0 Å². The van der Waals surface area contributed by atoms with Crippen LogP contribution in [0, 0.1) is 0 Å². The number of β-amino-alcohol motifs (C(OH)–C–C–N with tert-alkyl or cyclic N) is 1. The number of hydrogen-bond acceptors (Lipinski definition) is 3. The van der Waals surface area contributed by atoms with Crippen LogP contribution in [-0.2, 0) is 0 Å². The van der Waals surface area contributed by atoms with Crippen LogP contribution in [0.4, 0.5) is 0 Å². The van der Waals surface area contributed by atoms with Crippen molar-refractivity contribution in [3.05, 3.63) is 47.5 Å². The topological polar surface area (TPSA) is 26.7 Å². The first-order chi connectivity index (χ1) is 10.1. The molecule has 1 N–H and O–H groups in total. The number of allylic oxidation sites excluding steroid dienone is 1. The van der Waals surface area contributed by atoms with Crippen LogP contribution in [0.15, 0.2) is 42.0 Å². The molecular formula is C18H28N2O. The summed E-state index contributed by atoms with van der Waals surface area (Å²) in [5.74, 6) is 0. The average Bonchev–Trinajstić information content (AvgIpc) is 2.48. The SMILES string of the molecule is CC(C)=CCN1CCN(C[C@@H](O)c2ccccc2)[C@@H](C)C1. The van der Waals surface area contributed by atoms with E-state index in [1.54, 1.807) is 0 Å². The van der Waals surface area contributed by atoms with Crippen LogP contribution in [0.1, 0.15) is 32.4 Å². The van der Waals surface area contributed by atoms with Gasteiger partial charge in [-0.25, -0.2) is 0 Å². The Bertz CT molecular complexity index is 454. The largest absolute Gasteiger partial charge is 0.387 e. The van der Waals surface area contributed by atoms with E-state index in [1.165, 1.54) is 5.57 Å². The zero-order valence-corrected chi connectivity index (χ0v) is 13.5. The molecule has 1 heterocycles.